The van der Waals surface area contributed by atoms with Crippen molar-refractivity contribution in [2.24, 2.45) is 127 Å². The minimum Gasteiger partial charge on any atom is -0.451 e. The van der Waals surface area contributed by atoms with Crippen molar-refractivity contribution in [1.82, 2.24) is 0 Å². The average molecular weight is 1580 g/mol. The molecule has 0 aliphatic heterocycles. The van der Waals surface area contributed by atoms with Crippen LogP contribution >= 0.6 is 11.6 Å². The molecule has 0 amide bonds. The van der Waals surface area contributed by atoms with E-state index in [1.165, 1.54) is 63.8 Å². The van der Waals surface area contributed by atoms with Crippen LogP contribution in [0.5, 0.6) is 0 Å². The third-order valence-electron chi connectivity index (χ3n) is 34.9. The minimum absolute atomic E-state index is 0.0109. The molecule has 13 unspecified atom stereocenters. The van der Waals surface area contributed by atoms with Gasteiger partial charge in [-0.05, 0) is 310 Å². The molecule has 9 saturated carbocycles. The van der Waals surface area contributed by atoms with E-state index in [1.807, 2.05) is 18.2 Å². The molecule has 26 atom stereocenters. The quantitative estimate of drug-likeness (QED) is 0.125. The van der Waals surface area contributed by atoms with Gasteiger partial charge in [-0.15, -0.1) is 0 Å². The normalized spacial score (nSPS) is 44.9. The highest BCUT2D eigenvalue weighted by molar-refractivity contribution is 6.32. The predicted molar refractivity (Wildman–Crippen MR) is 433 cm³/mol. The monoisotopic (exact) mass is 1580 g/mol. The van der Waals surface area contributed by atoms with Crippen molar-refractivity contribution >= 4 is 81.7 Å². The summed E-state index contributed by atoms with van der Waals surface area (Å²) in [6.07, 6.45) is 35.8. The van der Waals surface area contributed by atoms with E-state index in [0.29, 0.717) is 90.9 Å². The SMILES string of the molecule is C=C1CC2C3C=C(C)C4=CC(=O)C=C[C@]4(C)C3CC[C@]2(C)[C@@]1(OC(C)=O)C(C)=O.C=C1CC2C3C=C(C)C4=CC(=O)CC[C@]4(C)C3CC[C@]2(C)[C@@]1(OC(C)=O)C(C)=O.CC(=O)O[C@]1(C(C)=O)CCC2C3C=C(C)C4=CC(=O)CCC4C3CC[C@@]21C.CC(=O)O[C@]1(C(C)=O)CCC2C3C=C(Cl)C4=CC(=O)[C@@H]5C[C@@H]5[C@]4(C)C3CC[C@@]21C. The van der Waals surface area contributed by atoms with Crippen LogP contribution in [0.15, 0.2) is 129 Å². The molecule has 0 radical (unpaired) electrons. The smallest absolute Gasteiger partial charge is 0.303 e. The standard InChI is InChI=1S/C25H32O4.C25H30O4.C24H29ClO4.C23H30O4/c2*1-14-11-19-20(23(5)9-7-18(28)13-21(14)23)8-10-24(6)22(19)12-15(2)25(24,16(3)26)29-17(4)27;1-12(26)24(29-13(2)27)8-6-16-14-10-20(25)19-11-21(28)15-9-18(15)23(19,4)17(14)5-7-22(16,24)3;1-13-11-20-18(17-6-5-16(26)12-19(13)17)7-9-22(4)21(20)8-10-23(22,14(2)24)27-15(3)25/h11,13,19-20,22H,2,7-10,12H2,1,3-6H3;7,9,11,13,19-20,22H,2,8,10,12H2,1,3-6H3;10-11,14-18H,5-9H2,1-4H3;11-12,17-18,20-21H,5-10H2,1-4H3/t2*19?,20?,22?,23-,24+,25+;14?,15-,16?,17?,18+,22+,23+,24+;17?,18?,20?,21?,22-,23-/m1110/s1. The Labute approximate surface area is 679 Å². The van der Waals surface area contributed by atoms with Crippen LogP contribution in [0.25, 0.3) is 0 Å². The highest BCUT2D eigenvalue weighted by Gasteiger charge is 2.74. The number of fused-ring (bicyclic) bond motifs is 22. The van der Waals surface area contributed by atoms with Crippen LogP contribution in [0.1, 0.15) is 247 Å². The van der Waals surface area contributed by atoms with Gasteiger partial charge in [-0.25, -0.2) is 0 Å². The number of hydrogen-bond acceptors (Lipinski definition) is 16. The average Bonchev–Trinajstić information content (AvgIpc) is 1.50. The number of ether oxygens (including phenoxy) is 4. The molecule has 0 aromatic rings. The van der Waals surface area contributed by atoms with Gasteiger partial charge >= 0.3 is 23.9 Å². The molecule has 17 heteroatoms. The van der Waals surface area contributed by atoms with Crippen molar-refractivity contribution in [3.05, 3.63) is 129 Å². The number of allylic oxidation sites excluding steroid dienone is 18. The van der Waals surface area contributed by atoms with Crippen molar-refractivity contribution in [3.63, 3.8) is 0 Å². The Morgan fingerprint density at radius 1 is 0.421 bits per heavy atom. The van der Waals surface area contributed by atoms with E-state index in [1.54, 1.807) is 26.0 Å². The lowest BCUT2D eigenvalue weighted by Gasteiger charge is -2.57. The lowest BCUT2D eigenvalue weighted by atomic mass is 9.47. The maximum atomic E-state index is 12.9. The highest BCUT2D eigenvalue weighted by atomic mass is 35.5. The molecule has 0 bridgehead atoms. The van der Waals surface area contributed by atoms with Gasteiger partial charge in [0, 0.05) is 84.0 Å². The molecule has 0 aromatic carbocycles. The van der Waals surface area contributed by atoms with Gasteiger partial charge in [0.2, 0.25) is 0 Å². The maximum Gasteiger partial charge on any atom is 0.303 e. The number of Topliss-reactive ketones (excluding diaryl/α,β-unsaturated/α-hetero) is 4. The van der Waals surface area contributed by atoms with Gasteiger partial charge in [0.25, 0.3) is 0 Å². The summed E-state index contributed by atoms with van der Waals surface area (Å²) in [4.78, 5) is 148. The fraction of sp³-hybridized carbons (Fsp3) is 0.649. The molecular formula is C97H121ClO16. The number of esters is 4. The number of ketones is 8. The van der Waals surface area contributed by atoms with Gasteiger partial charge in [0.1, 0.15) is 0 Å². The van der Waals surface area contributed by atoms with E-state index in [-0.39, 0.29) is 127 Å². The fourth-order valence-corrected chi connectivity index (χ4v) is 30.1. The van der Waals surface area contributed by atoms with E-state index in [0.717, 1.165) is 111 Å². The Balaban J connectivity index is 0.000000126. The minimum atomic E-state index is -1.24. The summed E-state index contributed by atoms with van der Waals surface area (Å²) < 4.78 is 23.3. The second-order valence-electron chi connectivity index (χ2n) is 39.8. The lowest BCUT2D eigenvalue weighted by Crippen LogP contribution is -2.58. The van der Waals surface area contributed by atoms with Gasteiger partial charge in [-0.1, -0.05) is 120 Å². The third-order valence-corrected chi connectivity index (χ3v) is 35.2. The molecule has 17 aliphatic carbocycles. The molecule has 17 aliphatic rings. The first kappa shape index (κ1) is 83.2. The Bertz CT molecular complexity index is 4640. The summed E-state index contributed by atoms with van der Waals surface area (Å²) in [5.74, 6) is 3.69. The lowest BCUT2D eigenvalue weighted by molar-refractivity contribution is -0.185. The van der Waals surface area contributed by atoms with Crippen molar-refractivity contribution in [2.45, 2.75) is 269 Å². The van der Waals surface area contributed by atoms with Crippen molar-refractivity contribution in [3.8, 4) is 0 Å². The number of hydrogen-bond donors (Lipinski definition) is 0. The van der Waals surface area contributed by atoms with E-state index < -0.39 is 45.2 Å². The van der Waals surface area contributed by atoms with Gasteiger partial charge in [-0.2, -0.15) is 0 Å². The molecule has 9 fully saturated rings. The molecule has 0 heterocycles. The van der Waals surface area contributed by atoms with E-state index in [9.17, 15) is 57.5 Å². The largest absolute Gasteiger partial charge is 0.451 e. The predicted octanol–water partition coefficient (Wildman–Crippen LogP) is 18.1. The molecule has 0 aromatic heterocycles. The van der Waals surface area contributed by atoms with Crippen LogP contribution in [0.2, 0.25) is 0 Å². The second-order valence-corrected chi connectivity index (χ2v) is 40.2. The van der Waals surface area contributed by atoms with Crippen molar-refractivity contribution in [2.75, 3.05) is 0 Å². The zero-order valence-electron chi connectivity index (χ0n) is 70.7. The highest BCUT2D eigenvalue weighted by Crippen LogP contribution is 2.75. The van der Waals surface area contributed by atoms with E-state index in [4.69, 9.17) is 30.5 Å². The number of rotatable bonds is 8. The molecule has 17 rings (SSSR count). The van der Waals surface area contributed by atoms with Crippen LogP contribution in [-0.4, -0.2) is 92.5 Å². The fourth-order valence-electron chi connectivity index (χ4n) is 29.7. The number of carbonyl (C=O) groups excluding carboxylic acids is 12. The zero-order chi connectivity index (χ0) is 83.2. The first-order chi connectivity index (χ1) is 53.2. The Morgan fingerprint density at radius 3 is 1.40 bits per heavy atom. The van der Waals surface area contributed by atoms with E-state index >= 15 is 0 Å². The van der Waals surface area contributed by atoms with E-state index in [2.05, 4.69) is 113 Å². The molecule has 0 N–H and O–H groups in total. The van der Waals surface area contributed by atoms with Crippen LogP contribution in [-0.2, 0) is 76.5 Å². The first-order valence-electron chi connectivity index (χ1n) is 42.5. The molecule has 0 saturated heterocycles. The first-order valence-corrected chi connectivity index (χ1v) is 42.9. The Hall–Kier alpha value is -7.33. The number of carbonyl (C=O) groups is 12. The van der Waals surface area contributed by atoms with Crippen LogP contribution in [0.3, 0.4) is 0 Å². The summed E-state index contributed by atoms with van der Waals surface area (Å²) >= 11 is 6.79. The summed E-state index contributed by atoms with van der Waals surface area (Å²) in [5.41, 5.74) is 3.21. The molecular weight excluding hydrogens is 1460 g/mol. The summed E-state index contributed by atoms with van der Waals surface area (Å²) in [7, 11) is 0. The molecule has 16 nitrogen and oxygen atoms in total. The molecule has 0 spiro atoms. The zero-order valence-corrected chi connectivity index (χ0v) is 71.4. The summed E-state index contributed by atoms with van der Waals surface area (Å²) in [5, 5.41) is 0.713. The summed E-state index contributed by atoms with van der Waals surface area (Å²) in [6.45, 7) is 41.9. The van der Waals surface area contributed by atoms with Gasteiger partial charge in [-0.3, -0.25) is 57.5 Å². The third kappa shape index (κ3) is 11.7. The van der Waals surface area contributed by atoms with Gasteiger partial charge in [0.05, 0.1) is 0 Å². The van der Waals surface area contributed by atoms with Crippen LogP contribution < -0.4 is 0 Å². The van der Waals surface area contributed by atoms with Crippen LogP contribution in [0.4, 0.5) is 0 Å². The maximum absolute atomic E-state index is 12.9. The van der Waals surface area contributed by atoms with Gasteiger partial charge in [0.15, 0.2) is 68.7 Å². The number of halogens is 1. The van der Waals surface area contributed by atoms with Crippen LogP contribution in [0, 0.1) is 127 Å². The van der Waals surface area contributed by atoms with Crippen molar-refractivity contribution < 1.29 is 76.5 Å². The second kappa shape index (κ2) is 28.2. The topological polar surface area (TPSA) is 242 Å². The Kier molecular flexibility index (Phi) is 20.6. The molecule has 612 valence electrons. The summed E-state index contributed by atoms with van der Waals surface area (Å²) in [6, 6.07) is 0. The molecule has 114 heavy (non-hydrogen) atoms. The Morgan fingerprint density at radius 2 is 0.877 bits per heavy atom. The van der Waals surface area contributed by atoms with Gasteiger partial charge < -0.3 is 18.9 Å². The van der Waals surface area contributed by atoms with Crippen molar-refractivity contribution in [1.29, 1.82) is 0 Å².